The zero-order valence-corrected chi connectivity index (χ0v) is 49.8. The molecule has 6 nitrogen and oxygen atoms in total. The Morgan fingerprint density at radius 1 is 0.378 bits per heavy atom. The van der Waals surface area contributed by atoms with E-state index in [1.54, 1.807) is 0 Å². The third-order valence-corrected chi connectivity index (χ3v) is 15.4. The molecule has 2 unspecified atom stereocenters. The number of carbonyl (C=O) groups excluding carboxylic acids is 2. The molecule has 0 fully saturated rings. The molecule has 0 saturated heterocycles. The number of nitrogens with one attached hydrogen (secondary N) is 1. The standard InChI is InChI=1S/C68H129NO5/c1-3-5-7-9-11-13-15-17-19-20-26-29-33-36-40-44-48-52-56-60-66(71)65(64-70)69-67(72)61-57-53-49-45-41-37-34-30-27-24-22-21-23-25-28-31-35-39-43-47-51-55-59-63-74-68(73)62-58-54-50-46-42-38-32-18-16-14-12-10-8-6-4-2/h18,21,23-24,27,32,65-66,70-71H,3-17,19-20,22,25-26,28-31,33-64H2,1-2H3,(H,69,72)/b23-21-,27-24-,32-18-. The number of esters is 1. The zero-order chi connectivity index (χ0) is 53.6. The monoisotopic (exact) mass is 1040 g/mol. The smallest absolute Gasteiger partial charge is 0.305 e. The molecule has 0 rings (SSSR count). The summed E-state index contributed by atoms with van der Waals surface area (Å²) in [6.07, 6.45) is 80.2. The summed E-state index contributed by atoms with van der Waals surface area (Å²) in [6.45, 7) is 4.96. The number of rotatable bonds is 62. The first kappa shape index (κ1) is 72.1. The van der Waals surface area contributed by atoms with Gasteiger partial charge in [-0.15, -0.1) is 0 Å². The third-order valence-electron chi connectivity index (χ3n) is 15.4. The van der Waals surface area contributed by atoms with Gasteiger partial charge in [-0.05, 0) is 83.5 Å². The van der Waals surface area contributed by atoms with Crippen molar-refractivity contribution in [3.05, 3.63) is 36.5 Å². The molecule has 436 valence electrons. The minimum absolute atomic E-state index is 0.000492. The van der Waals surface area contributed by atoms with Crippen molar-refractivity contribution in [2.45, 2.75) is 373 Å². The van der Waals surface area contributed by atoms with Gasteiger partial charge in [-0.3, -0.25) is 9.59 Å². The van der Waals surface area contributed by atoms with Crippen molar-refractivity contribution in [2.24, 2.45) is 0 Å². The summed E-state index contributed by atoms with van der Waals surface area (Å²) in [5.41, 5.74) is 0. The van der Waals surface area contributed by atoms with Crippen molar-refractivity contribution in [3.8, 4) is 0 Å². The van der Waals surface area contributed by atoms with Crippen LogP contribution in [0.4, 0.5) is 0 Å². The molecule has 0 aliphatic rings. The van der Waals surface area contributed by atoms with Gasteiger partial charge in [0.1, 0.15) is 0 Å². The van der Waals surface area contributed by atoms with Crippen LogP contribution in [0.2, 0.25) is 0 Å². The number of hydrogen-bond acceptors (Lipinski definition) is 5. The number of aliphatic hydroxyl groups excluding tert-OH is 2. The second kappa shape index (κ2) is 63.6. The fourth-order valence-corrected chi connectivity index (χ4v) is 10.3. The summed E-state index contributed by atoms with van der Waals surface area (Å²) in [5, 5.41) is 23.4. The normalized spacial score (nSPS) is 12.8. The molecule has 0 saturated carbocycles. The molecule has 6 heteroatoms. The first-order chi connectivity index (χ1) is 36.5. The summed E-state index contributed by atoms with van der Waals surface area (Å²) in [5.74, 6) is -0.0432. The minimum Gasteiger partial charge on any atom is -0.466 e. The van der Waals surface area contributed by atoms with E-state index in [1.165, 1.54) is 270 Å². The average molecular weight is 1040 g/mol. The Hall–Kier alpha value is -1.92. The van der Waals surface area contributed by atoms with Crippen molar-refractivity contribution in [1.82, 2.24) is 5.32 Å². The van der Waals surface area contributed by atoms with Gasteiger partial charge in [0.15, 0.2) is 0 Å². The molecular formula is C68H129NO5. The molecule has 0 radical (unpaired) electrons. The van der Waals surface area contributed by atoms with Crippen LogP contribution in [0.25, 0.3) is 0 Å². The molecular weight excluding hydrogens is 911 g/mol. The molecule has 74 heavy (non-hydrogen) atoms. The van der Waals surface area contributed by atoms with Crippen LogP contribution in [-0.4, -0.2) is 47.4 Å². The molecule has 3 N–H and O–H groups in total. The second-order valence-electron chi connectivity index (χ2n) is 22.8. The predicted molar refractivity (Wildman–Crippen MR) is 324 cm³/mol. The van der Waals surface area contributed by atoms with Gasteiger partial charge in [-0.25, -0.2) is 0 Å². The van der Waals surface area contributed by atoms with Crippen LogP contribution < -0.4 is 5.32 Å². The van der Waals surface area contributed by atoms with E-state index in [1.807, 2.05) is 0 Å². The van der Waals surface area contributed by atoms with Gasteiger partial charge in [-0.2, -0.15) is 0 Å². The average Bonchev–Trinajstić information content (AvgIpc) is 3.40. The quantitative estimate of drug-likeness (QED) is 0.0320. The SMILES string of the molecule is CCCCCCCC/C=C\CCCCCCCC(=O)OCCCCCCCCCCC/C=C\C/C=C\CCCCCCCCCC(=O)NC(CO)C(O)CCCCCCCCCCCCCCCCCCCCC. The number of carbonyl (C=O) groups is 2. The van der Waals surface area contributed by atoms with Crippen LogP contribution in [-0.2, 0) is 14.3 Å². The van der Waals surface area contributed by atoms with Gasteiger partial charge in [-0.1, -0.05) is 301 Å². The lowest BCUT2D eigenvalue weighted by Gasteiger charge is -2.22. The van der Waals surface area contributed by atoms with E-state index in [9.17, 15) is 19.8 Å². The number of amides is 1. The van der Waals surface area contributed by atoms with E-state index in [-0.39, 0.29) is 18.5 Å². The molecule has 0 bridgehead atoms. The lowest BCUT2D eigenvalue weighted by Crippen LogP contribution is -2.45. The highest BCUT2D eigenvalue weighted by molar-refractivity contribution is 5.76. The summed E-state index contributed by atoms with van der Waals surface area (Å²) < 4.78 is 5.48. The molecule has 0 aromatic rings. The van der Waals surface area contributed by atoms with Crippen molar-refractivity contribution < 1.29 is 24.5 Å². The Bertz CT molecular complexity index is 1200. The second-order valence-corrected chi connectivity index (χ2v) is 22.8. The lowest BCUT2D eigenvalue weighted by atomic mass is 10.0. The van der Waals surface area contributed by atoms with Gasteiger partial charge in [0.25, 0.3) is 0 Å². The summed E-state index contributed by atoms with van der Waals surface area (Å²) in [7, 11) is 0. The van der Waals surface area contributed by atoms with Crippen LogP contribution in [0.1, 0.15) is 361 Å². The largest absolute Gasteiger partial charge is 0.466 e. The number of allylic oxidation sites excluding steroid dienone is 6. The van der Waals surface area contributed by atoms with Crippen LogP contribution in [0.15, 0.2) is 36.5 Å². The van der Waals surface area contributed by atoms with Crippen molar-refractivity contribution in [3.63, 3.8) is 0 Å². The Labute approximate surface area is 462 Å². The maximum absolute atomic E-state index is 12.5. The highest BCUT2D eigenvalue weighted by Gasteiger charge is 2.20. The molecule has 0 heterocycles. The molecule has 0 spiro atoms. The van der Waals surface area contributed by atoms with Crippen LogP contribution >= 0.6 is 0 Å². The fourth-order valence-electron chi connectivity index (χ4n) is 10.3. The van der Waals surface area contributed by atoms with Gasteiger partial charge in [0, 0.05) is 12.8 Å². The van der Waals surface area contributed by atoms with E-state index >= 15 is 0 Å². The number of ether oxygens (including phenoxy) is 1. The Morgan fingerprint density at radius 3 is 1.04 bits per heavy atom. The van der Waals surface area contributed by atoms with Crippen LogP contribution in [0.5, 0.6) is 0 Å². The minimum atomic E-state index is -0.672. The molecule has 2 atom stereocenters. The first-order valence-electron chi connectivity index (χ1n) is 33.2. The van der Waals surface area contributed by atoms with Gasteiger partial charge < -0.3 is 20.3 Å². The van der Waals surface area contributed by atoms with Gasteiger partial charge >= 0.3 is 5.97 Å². The maximum Gasteiger partial charge on any atom is 0.305 e. The fraction of sp³-hybridized carbons (Fsp3) is 0.882. The molecule has 1 amide bonds. The number of aliphatic hydroxyl groups is 2. The van der Waals surface area contributed by atoms with Gasteiger partial charge in [0.2, 0.25) is 5.91 Å². The van der Waals surface area contributed by atoms with E-state index in [4.69, 9.17) is 4.74 Å². The molecule has 0 aliphatic heterocycles. The lowest BCUT2D eigenvalue weighted by molar-refractivity contribution is -0.143. The third kappa shape index (κ3) is 59.3. The summed E-state index contributed by atoms with van der Waals surface area (Å²) in [4.78, 5) is 24.6. The maximum atomic E-state index is 12.5. The summed E-state index contributed by atoms with van der Waals surface area (Å²) >= 11 is 0. The van der Waals surface area contributed by atoms with E-state index in [0.717, 1.165) is 57.8 Å². The predicted octanol–water partition coefficient (Wildman–Crippen LogP) is 21.1. The number of unbranched alkanes of at least 4 members (excludes halogenated alkanes) is 45. The topological polar surface area (TPSA) is 95.9 Å². The van der Waals surface area contributed by atoms with Crippen LogP contribution in [0, 0.1) is 0 Å². The highest BCUT2D eigenvalue weighted by atomic mass is 16.5. The van der Waals surface area contributed by atoms with Gasteiger partial charge in [0.05, 0.1) is 25.4 Å². The Balaban J connectivity index is 3.45. The Morgan fingerprint density at radius 2 is 0.676 bits per heavy atom. The summed E-state index contributed by atoms with van der Waals surface area (Å²) in [6, 6.07) is -0.550. The van der Waals surface area contributed by atoms with Crippen molar-refractivity contribution >= 4 is 11.9 Å². The number of hydrogen-bond donors (Lipinski definition) is 3. The molecule has 0 aromatic heterocycles. The van der Waals surface area contributed by atoms with E-state index in [0.29, 0.717) is 25.9 Å². The van der Waals surface area contributed by atoms with E-state index in [2.05, 4.69) is 55.6 Å². The molecule has 0 aromatic carbocycles. The molecule has 0 aliphatic carbocycles. The highest BCUT2D eigenvalue weighted by Crippen LogP contribution is 2.18. The Kier molecular flexibility index (Phi) is 62.0. The van der Waals surface area contributed by atoms with E-state index < -0.39 is 12.1 Å². The van der Waals surface area contributed by atoms with Crippen molar-refractivity contribution in [2.75, 3.05) is 13.2 Å². The van der Waals surface area contributed by atoms with Crippen molar-refractivity contribution in [1.29, 1.82) is 0 Å². The van der Waals surface area contributed by atoms with Crippen LogP contribution in [0.3, 0.4) is 0 Å². The zero-order valence-electron chi connectivity index (χ0n) is 49.8. The first-order valence-corrected chi connectivity index (χ1v) is 33.2.